The first kappa shape index (κ1) is 10.2. The summed E-state index contributed by atoms with van der Waals surface area (Å²) in [5.74, 6) is 0. The zero-order chi connectivity index (χ0) is 10.2. The number of rotatable bonds is 2. The molecule has 14 heavy (non-hydrogen) atoms. The number of β-amino-alcohol motifs (C(OH)–C–C–N with tert-alkyl or cyclic N) is 1. The Hall–Kier alpha value is -0.280. The lowest BCUT2D eigenvalue weighted by atomic mass is 9.89. The van der Waals surface area contributed by atoms with Crippen molar-refractivity contribution < 1.29 is 5.11 Å². The number of hydrogen-bond acceptors (Lipinski definition) is 2. The lowest BCUT2D eigenvalue weighted by Crippen LogP contribution is -2.60. The summed E-state index contributed by atoms with van der Waals surface area (Å²) in [4.78, 5) is 0. The molecule has 1 aromatic rings. The van der Waals surface area contributed by atoms with Crippen LogP contribution in [-0.2, 0) is 6.42 Å². The van der Waals surface area contributed by atoms with E-state index in [-0.39, 0.29) is 0 Å². The van der Waals surface area contributed by atoms with Crippen LogP contribution in [0, 0.1) is 0 Å². The minimum Gasteiger partial charge on any atom is -0.387 e. The smallest absolute Gasteiger partial charge is 0.0936 e. The van der Waals surface area contributed by atoms with Crippen LogP contribution in [0.2, 0.25) is 10.0 Å². The Balaban J connectivity index is 2.23. The number of aliphatic hydroxyl groups is 1. The zero-order valence-corrected chi connectivity index (χ0v) is 9.07. The Morgan fingerprint density at radius 1 is 1.29 bits per heavy atom. The molecule has 1 fully saturated rings. The second-order valence-corrected chi connectivity index (χ2v) is 4.52. The molecule has 0 saturated carbocycles. The average Bonchev–Trinajstić information content (AvgIpc) is 2.09. The van der Waals surface area contributed by atoms with Gasteiger partial charge in [0.2, 0.25) is 0 Å². The average molecular weight is 232 g/mol. The van der Waals surface area contributed by atoms with E-state index in [0.29, 0.717) is 29.6 Å². The maximum absolute atomic E-state index is 9.93. The first-order valence-corrected chi connectivity index (χ1v) is 5.22. The predicted molar refractivity (Wildman–Crippen MR) is 58.0 cm³/mol. The quantitative estimate of drug-likeness (QED) is 0.815. The van der Waals surface area contributed by atoms with Gasteiger partial charge in [-0.2, -0.15) is 0 Å². The Kier molecular flexibility index (Phi) is 2.71. The molecule has 0 spiro atoms. The highest BCUT2D eigenvalue weighted by Crippen LogP contribution is 2.29. The normalized spacial score (nSPS) is 19.1. The van der Waals surface area contributed by atoms with Gasteiger partial charge in [-0.05, 0) is 17.7 Å². The first-order valence-electron chi connectivity index (χ1n) is 4.47. The molecule has 0 atom stereocenters. The molecule has 1 aliphatic heterocycles. The van der Waals surface area contributed by atoms with Gasteiger partial charge >= 0.3 is 0 Å². The molecule has 0 unspecified atom stereocenters. The van der Waals surface area contributed by atoms with Crippen molar-refractivity contribution in [3.05, 3.63) is 33.8 Å². The summed E-state index contributed by atoms with van der Waals surface area (Å²) in [6.45, 7) is 1.21. The van der Waals surface area contributed by atoms with Crippen LogP contribution in [-0.4, -0.2) is 23.8 Å². The fourth-order valence-corrected chi connectivity index (χ4v) is 2.10. The molecule has 76 valence electrons. The van der Waals surface area contributed by atoms with Crippen LogP contribution in [0.4, 0.5) is 0 Å². The van der Waals surface area contributed by atoms with Crippen molar-refractivity contribution >= 4 is 23.2 Å². The van der Waals surface area contributed by atoms with Gasteiger partial charge in [-0.1, -0.05) is 29.3 Å². The van der Waals surface area contributed by atoms with Gasteiger partial charge in [0, 0.05) is 29.6 Å². The molecule has 0 amide bonds. The molecule has 1 aromatic carbocycles. The molecule has 0 aromatic heterocycles. The number of benzene rings is 1. The van der Waals surface area contributed by atoms with Crippen molar-refractivity contribution in [1.29, 1.82) is 0 Å². The molecular weight excluding hydrogens is 221 g/mol. The largest absolute Gasteiger partial charge is 0.387 e. The van der Waals surface area contributed by atoms with Crippen molar-refractivity contribution in [2.24, 2.45) is 0 Å². The fourth-order valence-electron chi connectivity index (χ4n) is 1.57. The van der Waals surface area contributed by atoms with E-state index in [1.807, 2.05) is 0 Å². The molecule has 2 rings (SSSR count). The van der Waals surface area contributed by atoms with Crippen LogP contribution in [0.1, 0.15) is 5.56 Å². The van der Waals surface area contributed by atoms with E-state index in [0.717, 1.165) is 5.56 Å². The van der Waals surface area contributed by atoms with Crippen LogP contribution >= 0.6 is 23.2 Å². The second-order valence-electron chi connectivity index (χ2n) is 3.70. The lowest BCUT2D eigenvalue weighted by Gasteiger charge is -2.38. The van der Waals surface area contributed by atoms with Crippen LogP contribution in [0.25, 0.3) is 0 Å². The first-order chi connectivity index (χ1) is 6.61. The molecule has 2 N–H and O–H groups in total. The van der Waals surface area contributed by atoms with E-state index in [4.69, 9.17) is 23.2 Å². The Morgan fingerprint density at radius 2 is 1.86 bits per heavy atom. The van der Waals surface area contributed by atoms with Gasteiger partial charge in [0.05, 0.1) is 5.60 Å². The lowest BCUT2D eigenvalue weighted by molar-refractivity contribution is -0.00898. The topological polar surface area (TPSA) is 32.3 Å². The third kappa shape index (κ3) is 1.89. The van der Waals surface area contributed by atoms with Crippen LogP contribution in [0.15, 0.2) is 18.2 Å². The van der Waals surface area contributed by atoms with Crippen molar-refractivity contribution in [1.82, 2.24) is 5.32 Å². The molecule has 1 aliphatic rings. The highest BCUT2D eigenvalue weighted by atomic mass is 35.5. The van der Waals surface area contributed by atoms with Crippen molar-refractivity contribution in [3.63, 3.8) is 0 Å². The molecule has 0 radical (unpaired) electrons. The fraction of sp³-hybridized carbons (Fsp3) is 0.400. The van der Waals surface area contributed by atoms with Crippen LogP contribution in [0.5, 0.6) is 0 Å². The number of halogens is 2. The van der Waals surface area contributed by atoms with E-state index in [2.05, 4.69) is 5.32 Å². The van der Waals surface area contributed by atoms with E-state index in [9.17, 15) is 5.11 Å². The summed E-state index contributed by atoms with van der Waals surface area (Å²) < 4.78 is 0. The van der Waals surface area contributed by atoms with Crippen LogP contribution < -0.4 is 5.32 Å². The summed E-state index contributed by atoms with van der Waals surface area (Å²) in [6, 6.07) is 5.38. The van der Waals surface area contributed by atoms with Crippen LogP contribution in [0.3, 0.4) is 0 Å². The third-order valence-corrected chi connectivity index (χ3v) is 3.18. The van der Waals surface area contributed by atoms with Gasteiger partial charge < -0.3 is 10.4 Å². The monoisotopic (exact) mass is 231 g/mol. The number of nitrogens with one attached hydrogen (secondary N) is 1. The summed E-state index contributed by atoms with van der Waals surface area (Å²) in [7, 11) is 0. The van der Waals surface area contributed by atoms with Gasteiger partial charge in [0.1, 0.15) is 0 Å². The Labute approximate surface area is 92.8 Å². The molecule has 4 heteroatoms. The molecular formula is C10H11Cl2NO. The minimum atomic E-state index is -0.672. The van der Waals surface area contributed by atoms with E-state index in [1.54, 1.807) is 18.2 Å². The minimum absolute atomic E-state index is 0.512. The Morgan fingerprint density at radius 3 is 2.29 bits per heavy atom. The SMILES string of the molecule is OC1(Cc2c(Cl)cccc2Cl)CNC1. The third-order valence-electron chi connectivity index (χ3n) is 2.48. The summed E-state index contributed by atoms with van der Waals surface area (Å²) >= 11 is 12.0. The molecule has 2 nitrogen and oxygen atoms in total. The standard InChI is InChI=1S/C10H11Cl2NO/c11-8-2-1-3-9(12)7(8)4-10(14)5-13-6-10/h1-3,13-14H,4-6H2. The van der Waals surface area contributed by atoms with E-state index < -0.39 is 5.60 Å². The molecule has 0 bridgehead atoms. The Bertz CT molecular complexity index is 330. The second kappa shape index (κ2) is 3.70. The maximum atomic E-state index is 9.93. The van der Waals surface area contributed by atoms with E-state index in [1.165, 1.54) is 0 Å². The summed E-state index contributed by atoms with van der Waals surface area (Å²) in [5.41, 5.74) is 0.161. The van der Waals surface area contributed by atoms with Gasteiger partial charge in [0.15, 0.2) is 0 Å². The zero-order valence-electron chi connectivity index (χ0n) is 7.56. The number of hydrogen-bond donors (Lipinski definition) is 2. The molecule has 1 heterocycles. The van der Waals surface area contributed by atoms with Gasteiger partial charge in [-0.25, -0.2) is 0 Å². The maximum Gasteiger partial charge on any atom is 0.0936 e. The van der Waals surface area contributed by atoms with Crippen molar-refractivity contribution in [2.75, 3.05) is 13.1 Å². The predicted octanol–water partition coefficient (Wildman–Crippen LogP) is 1.87. The van der Waals surface area contributed by atoms with Gasteiger partial charge in [-0.15, -0.1) is 0 Å². The summed E-state index contributed by atoms with van der Waals surface area (Å²) in [5, 5.41) is 14.2. The van der Waals surface area contributed by atoms with Crippen molar-refractivity contribution in [2.45, 2.75) is 12.0 Å². The van der Waals surface area contributed by atoms with E-state index >= 15 is 0 Å². The molecule has 1 saturated heterocycles. The van der Waals surface area contributed by atoms with Gasteiger partial charge in [-0.3, -0.25) is 0 Å². The van der Waals surface area contributed by atoms with Gasteiger partial charge in [0.25, 0.3) is 0 Å². The summed E-state index contributed by atoms with van der Waals surface area (Å²) in [6.07, 6.45) is 0.512. The molecule has 0 aliphatic carbocycles. The highest BCUT2D eigenvalue weighted by molar-refractivity contribution is 6.36. The van der Waals surface area contributed by atoms with Crippen molar-refractivity contribution in [3.8, 4) is 0 Å². The highest BCUT2D eigenvalue weighted by Gasteiger charge is 2.35.